The minimum atomic E-state index is -2.78. The highest BCUT2D eigenvalue weighted by atomic mass is 19.3. The second kappa shape index (κ2) is 8.81. The highest BCUT2D eigenvalue weighted by Crippen LogP contribution is 2.13. The molecule has 5 nitrogen and oxygen atoms in total. The zero-order valence-corrected chi connectivity index (χ0v) is 12.2. The standard InChI is InChI=1S/C12H20F4NO4/c1-17(2,3)8(12(19)21-7-10(15)16)4-5-11(18)20-6-9(13)14/h8-10H,4-7H2,1-3H3/q+1. The van der Waals surface area contributed by atoms with Crippen molar-refractivity contribution in [2.24, 2.45) is 0 Å². The molecule has 0 fully saturated rings. The van der Waals surface area contributed by atoms with Crippen LogP contribution in [0.2, 0.25) is 0 Å². The van der Waals surface area contributed by atoms with E-state index in [2.05, 4.69) is 9.47 Å². The molecule has 0 spiro atoms. The van der Waals surface area contributed by atoms with Crippen LogP contribution in [0.15, 0.2) is 0 Å². The van der Waals surface area contributed by atoms with Gasteiger partial charge >= 0.3 is 11.9 Å². The Kier molecular flexibility index (Phi) is 8.23. The summed E-state index contributed by atoms with van der Waals surface area (Å²) in [4.78, 5) is 23.0. The van der Waals surface area contributed by atoms with E-state index in [-0.39, 0.29) is 17.3 Å². The fourth-order valence-electron chi connectivity index (χ4n) is 1.55. The molecule has 0 aliphatic heterocycles. The number of halogens is 4. The third-order valence-corrected chi connectivity index (χ3v) is 2.55. The topological polar surface area (TPSA) is 52.6 Å². The van der Waals surface area contributed by atoms with Crippen LogP contribution in [0.1, 0.15) is 12.8 Å². The van der Waals surface area contributed by atoms with Gasteiger partial charge in [-0.25, -0.2) is 22.4 Å². The first-order valence-corrected chi connectivity index (χ1v) is 6.23. The summed E-state index contributed by atoms with van der Waals surface area (Å²) in [5.74, 6) is -1.75. The van der Waals surface area contributed by atoms with E-state index in [1.54, 1.807) is 21.1 Å². The fraction of sp³-hybridized carbons (Fsp3) is 0.833. The summed E-state index contributed by atoms with van der Waals surface area (Å²) < 4.78 is 56.5. The minimum Gasteiger partial charge on any atom is -0.460 e. The molecule has 0 rings (SSSR count). The molecule has 0 aromatic heterocycles. The van der Waals surface area contributed by atoms with Crippen LogP contribution in [0.5, 0.6) is 0 Å². The average molecular weight is 318 g/mol. The number of quaternary nitrogens is 1. The number of hydrogen-bond acceptors (Lipinski definition) is 4. The second-order valence-corrected chi connectivity index (χ2v) is 5.27. The monoisotopic (exact) mass is 318 g/mol. The highest BCUT2D eigenvalue weighted by molar-refractivity contribution is 5.76. The van der Waals surface area contributed by atoms with Gasteiger partial charge in [0.25, 0.3) is 12.9 Å². The van der Waals surface area contributed by atoms with Crippen molar-refractivity contribution in [2.75, 3.05) is 34.4 Å². The Labute approximate surface area is 120 Å². The van der Waals surface area contributed by atoms with Crippen LogP contribution in [0, 0.1) is 0 Å². The summed E-state index contributed by atoms with van der Waals surface area (Å²) in [5.41, 5.74) is 0. The first-order chi connectivity index (χ1) is 9.54. The lowest BCUT2D eigenvalue weighted by atomic mass is 10.1. The maximum absolute atomic E-state index is 12.0. The summed E-state index contributed by atoms with van der Waals surface area (Å²) in [6, 6.07) is -0.872. The number of alkyl halides is 4. The number of nitrogens with zero attached hydrogens (tertiary/aromatic N) is 1. The first kappa shape index (κ1) is 19.6. The van der Waals surface area contributed by atoms with Gasteiger partial charge < -0.3 is 14.0 Å². The van der Waals surface area contributed by atoms with Crippen LogP contribution in [0.4, 0.5) is 17.6 Å². The van der Waals surface area contributed by atoms with Crippen LogP contribution < -0.4 is 0 Å². The Morgan fingerprint density at radius 1 is 0.952 bits per heavy atom. The molecule has 0 aromatic rings. The molecule has 0 aliphatic rings. The van der Waals surface area contributed by atoms with E-state index in [0.717, 1.165) is 0 Å². The van der Waals surface area contributed by atoms with Gasteiger partial charge in [0.15, 0.2) is 19.3 Å². The SMILES string of the molecule is C[N+](C)(C)C(CCC(=O)OCC(F)F)C(=O)OCC(F)F. The Bertz CT molecular complexity index is 345. The molecule has 0 aromatic carbocycles. The third kappa shape index (κ3) is 9.22. The summed E-state index contributed by atoms with van der Waals surface area (Å²) in [6.45, 7) is -2.03. The van der Waals surface area contributed by atoms with Gasteiger partial charge in [-0.1, -0.05) is 0 Å². The Balaban J connectivity index is 4.44. The average Bonchev–Trinajstić information content (AvgIpc) is 2.32. The van der Waals surface area contributed by atoms with E-state index in [4.69, 9.17) is 0 Å². The summed E-state index contributed by atoms with van der Waals surface area (Å²) in [6.07, 6.45) is -5.87. The lowest BCUT2D eigenvalue weighted by molar-refractivity contribution is -0.887. The van der Waals surface area contributed by atoms with Gasteiger partial charge in [0.1, 0.15) is 0 Å². The predicted molar refractivity (Wildman–Crippen MR) is 65.0 cm³/mol. The number of likely N-dealkylation sites (N-methyl/N-ethyl adjacent to an activating group) is 1. The van der Waals surface area contributed by atoms with Crippen molar-refractivity contribution in [3.63, 3.8) is 0 Å². The zero-order valence-electron chi connectivity index (χ0n) is 12.2. The van der Waals surface area contributed by atoms with Crippen LogP contribution >= 0.6 is 0 Å². The predicted octanol–water partition coefficient (Wildman–Crippen LogP) is 1.46. The fourth-order valence-corrected chi connectivity index (χ4v) is 1.55. The van der Waals surface area contributed by atoms with Gasteiger partial charge in [0, 0.05) is 6.42 Å². The molecular weight excluding hydrogens is 298 g/mol. The molecule has 1 atom stereocenters. The molecule has 0 saturated heterocycles. The molecule has 0 N–H and O–H groups in total. The number of carbonyl (C=O) groups excluding carboxylic acids is 2. The van der Waals surface area contributed by atoms with Gasteiger partial charge in [-0.15, -0.1) is 0 Å². The van der Waals surface area contributed by atoms with Crippen molar-refractivity contribution in [2.45, 2.75) is 31.7 Å². The molecule has 1 unspecified atom stereocenters. The molecule has 0 aliphatic carbocycles. The number of ether oxygens (including phenoxy) is 2. The van der Waals surface area contributed by atoms with E-state index >= 15 is 0 Å². The maximum Gasteiger partial charge on any atom is 0.365 e. The molecule has 0 radical (unpaired) electrons. The van der Waals surface area contributed by atoms with E-state index in [1.807, 2.05) is 0 Å². The molecule has 0 amide bonds. The maximum atomic E-state index is 12.0. The van der Waals surface area contributed by atoms with Crippen molar-refractivity contribution in [3.8, 4) is 0 Å². The Morgan fingerprint density at radius 3 is 1.86 bits per heavy atom. The second-order valence-electron chi connectivity index (χ2n) is 5.27. The number of carbonyl (C=O) groups is 2. The van der Waals surface area contributed by atoms with Gasteiger partial charge in [-0.05, 0) is 0 Å². The summed E-state index contributed by atoms with van der Waals surface area (Å²) in [7, 11) is 4.87. The molecule has 0 bridgehead atoms. The van der Waals surface area contributed by atoms with Gasteiger partial charge in [0.2, 0.25) is 0 Å². The molecule has 124 valence electrons. The summed E-state index contributed by atoms with van der Waals surface area (Å²) >= 11 is 0. The van der Waals surface area contributed by atoms with E-state index in [0.29, 0.717) is 0 Å². The van der Waals surface area contributed by atoms with Crippen LogP contribution in [0.25, 0.3) is 0 Å². The van der Waals surface area contributed by atoms with E-state index in [9.17, 15) is 27.2 Å². The molecule has 21 heavy (non-hydrogen) atoms. The van der Waals surface area contributed by atoms with Gasteiger partial charge in [-0.2, -0.15) is 0 Å². The lowest BCUT2D eigenvalue weighted by Gasteiger charge is -2.32. The largest absolute Gasteiger partial charge is 0.460 e. The van der Waals surface area contributed by atoms with E-state index < -0.39 is 44.0 Å². The normalized spacial score (nSPS) is 13.4. The first-order valence-electron chi connectivity index (χ1n) is 6.23. The van der Waals surface area contributed by atoms with Crippen molar-refractivity contribution in [3.05, 3.63) is 0 Å². The zero-order chi connectivity index (χ0) is 16.6. The quantitative estimate of drug-likeness (QED) is 0.367. The molecular formula is C12H20F4NO4+. The summed E-state index contributed by atoms with van der Waals surface area (Å²) in [5, 5.41) is 0. The van der Waals surface area contributed by atoms with Crippen LogP contribution in [-0.4, -0.2) is 69.7 Å². The van der Waals surface area contributed by atoms with E-state index in [1.165, 1.54) is 0 Å². The molecule has 0 heterocycles. The minimum absolute atomic E-state index is 0.0458. The molecule has 0 saturated carbocycles. The van der Waals surface area contributed by atoms with Crippen molar-refractivity contribution in [1.29, 1.82) is 0 Å². The smallest absolute Gasteiger partial charge is 0.365 e. The van der Waals surface area contributed by atoms with Crippen molar-refractivity contribution in [1.82, 2.24) is 0 Å². The lowest BCUT2D eigenvalue weighted by Crippen LogP contribution is -2.51. The van der Waals surface area contributed by atoms with Gasteiger partial charge in [-0.3, -0.25) is 4.79 Å². The number of rotatable bonds is 9. The Hall–Kier alpha value is -1.38. The van der Waals surface area contributed by atoms with Crippen molar-refractivity contribution < 1.29 is 41.1 Å². The number of hydrogen-bond donors (Lipinski definition) is 0. The highest BCUT2D eigenvalue weighted by Gasteiger charge is 2.34. The molecule has 9 heteroatoms. The third-order valence-electron chi connectivity index (χ3n) is 2.55. The van der Waals surface area contributed by atoms with Crippen LogP contribution in [0.3, 0.4) is 0 Å². The van der Waals surface area contributed by atoms with Gasteiger partial charge in [0.05, 0.1) is 27.6 Å². The van der Waals surface area contributed by atoms with Crippen molar-refractivity contribution >= 4 is 11.9 Å². The number of esters is 2. The van der Waals surface area contributed by atoms with Crippen LogP contribution in [-0.2, 0) is 19.1 Å². The Morgan fingerprint density at radius 2 is 1.43 bits per heavy atom.